The summed E-state index contributed by atoms with van der Waals surface area (Å²) < 4.78 is 0. The summed E-state index contributed by atoms with van der Waals surface area (Å²) in [5.41, 5.74) is 0. The summed E-state index contributed by atoms with van der Waals surface area (Å²) in [6.45, 7) is 6.85. The first-order chi connectivity index (χ1) is 5.26. The van der Waals surface area contributed by atoms with Gasteiger partial charge in [0.05, 0.1) is 0 Å². The molecule has 0 saturated heterocycles. The smallest absolute Gasteiger partial charge is 0.0212 e. The second kappa shape index (κ2) is 4.39. The van der Waals surface area contributed by atoms with Crippen LogP contribution in [0.25, 0.3) is 0 Å². The molecule has 0 nitrogen and oxygen atoms in total. The second-order valence-electron chi connectivity index (χ2n) is 2.97. The molecule has 11 heavy (non-hydrogen) atoms. The molecule has 3 unspecified atom stereocenters. The molecule has 0 aromatic rings. The van der Waals surface area contributed by atoms with Gasteiger partial charge in [0.1, 0.15) is 0 Å². The zero-order valence-corrected chi connectivity index (χ0v) is 9.44. The average Bonchev–Trinajstić information content (AvgIpc) is 2.03. The van der Waals surface area contributed by atoms with Crippen molar-refractivity contribution in [3.8, 4) is 0 Å². The normalized spacial score (nSPS) is 26.6. The minimum atomic E-state index is 0.782. The molecule has 0 N–H and O–H groups in total. The first kappa shape index (κ1) is 9.43. The molecule has 0 radical (unpaired) electrons. The fourth-order valence-corrected chi connectivity index (χ4v) is 3.08. The predicted octanol–water partition coefficient (Wildman–Crippen LogP) is 3.41. The quantitative estimate of drug-likeness (QED) is 0.580. The Bertz CT molecular complexity index is 192. The van der Waals surface area contributed by atoms with Gasteiger partial charge in [-0.05, 0) is 36.3 Å². The molecule has 1 aliphatic rings. The van der Waals surface area contributed by atoms with Crippen LogP contribution in [0, 0.1) is 5.92 Å². The van der Waals surface area contributed by atoms with Crippen molar-refractivity contribution in [2.45, 2.75) is 13.3 Å². The van der Waals surface area contributed by atoms with Gasteiger partial charge in [-0.15, -0.1) is 0 Å². The monoisotopic (exact) mass is 186 g/mol. The molecule has 0 aromatic carbocycles. The number of allylic oxidation sites excluding steroid dienone is 4. The van der Waals surface area contributed by atoms with Gasteiger partial charge in [0.15, 0.2) is 0 Å². The molecule has 1 aliphatic carbocycles. The Morgan fingerprint density at radius 1 is 1.36 bits per heavy atom. The molecule has 0 fully saturated rings. The number of hydrogen-bond acceptors (Lipinski definition) is 0. The van der Waals surface area contributed by atoms with Gasteiger partial charge in [0.25, 0.3) is 0 Å². The van der Waals surface area contributed by atoms with E-state index in [2.05, 4.69) is 32.4 Å². The highest BCUT2D eigenvalue weighted by Crippen LogP contribution is 2.37. The van der Waals surface area contributed by atoms with Crippen molar-refractivity contribution in [1.29, 1.82) is 0 Å². The van der Waals surface area contributed by atoms with E-state index in [0.717, 1.165) is 23.1 Å². The molecule has 0 amide bonds. The molecule has 1 rings (SSSR count). The maximum Gasteiger partial charge on any atom is -0.0212 e. The molecule has 0 aliphatic heterocycles. The molecule has 0 aromatic heterocycles. The second-order valence-corrected chi connectivity index (χ2v) is 5.19. The minimum Gasteiger partial charge on any atom is -0.0980 e. The van der Waals surface area contributed by atoms with E-state index in [1.165, 1.54) is 6.42 Å². The summed E-state index contributed by atoms with van der Waals surface area (Å²) in [7, 11) is 1.98. The Hall–Kier alpha value is 0.340. The van der Waals surface area contributed by atoms with Crippen molar-refractivity contribution in [3.05, 3.63) is 22.8 Å². The molecule has 2 heteroatoms. The van der Waals surface area contributed by atoms with Crippen LogP contribution in [0.5, 0.6) is 0 Å². The Morgan fingerprint density at radius 3 is 2.64 bits per heavy atom. The van der Waals surface area contributed by atoms with Gasteiger partial charge in [-0.1, -0.05) is 36.2 Å². The third-order valence-electron chi connectivity index (χ3n) is 1.95. The SMILES string of the molecule is CPC1=CC(C)CC(PC)=C1. The van der Waals surface area contributed by atoms with Crippen molar-refractivity contribution in [2.24, 2.45) is 5.92 Å². The topological polar surface area (TPSA) is 0 Å². The van der Waals surface area contributed by atoms with Gasteiger partial charge in [0, 0.05) is 0 Å². The molecule has 3 atom stereocenters. The van der Waals surface area contributed by atoms with E-state index in [4.69, 9.17) is 0 Å². The van der Waals surface area contributed by atoms with Crippen LogP contribution in [0.1, 0.15) is 13.3 Å². The third-order valence-corrected chi connectivity index (χ3v) is 3.82. The summed E-state index contributed by atoms with van der Waals surface area (Å²) >= 11 is 0. The van der Waals surface area contributed by atoms with Crippen LogP contribution in [-0.4, -0.2) is 13.3 Å². The lowest BCUT2D eigenvalue weighted by Crippen LogP contribution is -1.96. The van der Waals surface area contributed by atoms with E-state index in [1.807, 2.05) is 0 Å². The molecule has 0 heterocycles. The van der Waals surface area contributed by atoms with Crippen LogP contribution in [-0.2, 0) is 0 Å². The lowest BCUT2D eigenvalue weighted by Gasteiger charge is -2.16. The molecular weight excluding hydrogens is 170 g/mol. The van der Waals surface area contributed by atoms with Gasteiger partial charge in [-0.25, -0.2) is 0 Å². The van der Waals surface area contributed by atoms with E-state index in [9.17, 15) is 0 Å². The van der Waals surface area contributed by atoms with Crippen molar-refractivity contribution >= 4 is 17.2 Å². The van der Waals surface area contributed by atoms with E-state index < -0.39 is 0 Å². The number of rotatable bonds is 2. The highest BCUT2D eigenvalue weighted by Gasteiger charge is 2.08. The van der Waals surface area contributed by atoms with Gasteiger partial charge in [-0.3, -0.25) is 0 Å². The van der Waals surface area contributed by atoms with Crippen LogP contribution in [0.15, 0.2) is 22.8 Å². The van der Waals surface area contributed by atoms with Crippen LogP contribution in [0.3, 0.4) is 0 Å². The molecule has 0 saturated carbocycles. The Labute approximate surface area is 73.1 Å². The average molecular weight is 186 g/mol. The molecule has 0 spiro atoms. The summed E-state index contributed by atoms with van der Waals surface area (Å²) in [5.74, 6) is 0.782. The van der Waals surface area contributed by atoms with Crippen LogP contribution >= 0.6 is 17.2 Å². The van der Waals surface area contributed by atoms with E-state index in [1.54, 1.807) is 10.6 Å². The lowest BCUT2D eigenvalue weighted by atomic mass is 10.0. The summed E-state index contributed by atoms with van der Waals surface area (Å²) in [4.78, 5) is 0. The fraction of sp³-hybridized carbons (Fsp3) is 0.556. The van der Waals surface area contributed by atoms with Crippen molar-refractivity contribution in [2.75, 3.05) is 13.3 Å². The standard InChI is InChI=1S/C9H16P2/c1-7-4-8(10-2)6-9(5-7)11-3/h4,6-7,10-11H,5H2,1-3H3. The molecular formula is C9H16P2. The van der Waals surface area contributed by atoms with Crippen molar-refractivity contribution < 1.29 is 0 Å². The van der Waals surface area contributed by atoms with Crippen LogP contribution < -0.4 is 0 Å². The summed E-state index contributed by atoms with van der Waals surface area (Å²) in [6.07, 6.45) is 6.11. The van der Waals surface area contributed by atoms with Crippen molar-refractivity contribution in [1.82, 2.24) is 0 Å². The van der Waals surface area contributed by atoms with Gasteiger partial charge >= 0.3 is 0 Å². The Balaban J connectivity index is 2.71. The summed E-state index contributed by atoms with van der Waals surface area (Å²) in [6, 6.07) is 0. The van der Waals surface area contributed by atoms with E-state index >= 15 is 0 Å². The zero-order chi connectivity index (χ0) is 8.27. The highest BCUT2D eigenvalue weighted by atomic mass is 31.1. The largest absolute Gasteiger partial charge is 0.0980 e. The Morgan fingerprint density at radius 2 is 2.09 bits per heavy atom. The van der Waals surface area contributed by atoms with E-state index in [-0.39, 0.29) is 0 Å². The van der Waals surface area contributed by atoms with Gasteiger partial charge < -0.3 is 0 Å². The predicted molar refractivity (Wildman–Crippen MR) is 58.4 cm³/mol. The first-order valence-corrected chi connectivity index (χ1v) is 7.04. The van der Waals surface area contributed by atoms with Gasteiger partial charge in [0.2, 0.25) is 0 Å². The molecule has 0 bridgehead atoms. The highest BCUT2D eigenvalue weighted by molar-refractivity contribution is 7.43. The van der Waals surface area contributed by atoms with Crippen molar-refractivity contribution in [3.63, 3.8) is 0 Å². The van der Waals surface area contributed by atoms with E-state index in [0.29, 0.717) is 0 Å². The zero-order valence-electron chi connectivity index (χ0n) is 7.44. The minimum absolute atomic E-state index is 0.782. The lowest BCUT2D eigenvalue weighted by molar-refractivity contribution is 0.727. The van der Waals surface area contributed by atoms with Crippen LogP contribution in [0.4, 0.5) is 0 Å². The fourth-order valence-electron chi connectivity index (χ4n) is 1.34. The number of hydrogen-bond donors (Lipinski definition) is 0. The van der Waals surface area contributed by atoms with Crippen LogP contribution in [0.2, 0.25) is 0 Å². The summed E-state index contributed by atoms with van der Waals surface area (Å²) in [5, 5.41) is 3.22. The third kappa shape index (κ3) is 2.69. The molecule has 62 valence electrons. The maximum absolute atomic E-state index is 2.42. The first-order valence-electron chi connectivity index (χ1n) is 4.04. The maximum atomic E-state index is 2.42. The van der Waals surface area contributed by atoms with Gasteiger partial charge in [-0.2, -0.15) is 0 Å². The Kier molecular flexibility index (Phi) is 3.76.